The number of furan rings is 1. The van der Waals surface area contributed by atoms with Crippen molar-refractivity contribution in [3.05, 3.63) is 59.0 Å². The second-order valence-corrected chi connectivity index (χ2v) is 6.53. The van der Waals surface area contributed by atoms with Crippen molar-refractivity contribution in [2.75, 3.05) is 12.0 Å². The smallest absolute Gasteiger partial charge is 0.253 e. The topological polar surface area (TPSA) is 71.3 Å². The lowest BCUT2D eigenvalue weighted by molar-refractivity contribution is -0.123. The normalized spacial score (nSPS) is 11.8. The number of carbonyl (C=O) groups is 2. The van der Waals surface area contributed by atoms with Gasteiger partial charge in [-0.25, -0.2) is 0 Å². The van der Waals surface area contributed by atoms with Crippen molar-refractivity contribution >= 4 is 35.2 Å². The summed E-state index contributed by atoms with van der Waals surface area (Å²) in [4.78, 5) is 24.8. The lowest BCUT2D eigenvalue weighted by atomic mass is 10.1. The van der Waals surface area contributed by atoms with Gasteiger partial charge in [-0.1, -0.05) is 23.7 Å². The van der Waals surface area contributed by atoms with E-state index < -0.39 is 6.04 Å². The van der Waals surface area contributed by atoms with E-state index >= 15 is 0 Å². The van der Waals surface area contributed by atoms with Gasteiger partial charge in [0.05, 0.1) is 23.1 Å². The van der Waals surface area contributed by atoms with E-state index in [1.165, 1.54) is 0 Å². The predicted octanol–water partition coefficient (Wildman–Crippen LogP) is 3.10. The summed E-state index contributed by atoms with van der Waals surface area (Å²) in [6.07, 6.45) is 5.61. The zero-order chi connectivity index (χ0) is 17.4. The molecule has 1 heterocycles. The average molecular weight is 367 g/mol. The maximum atomic E-state index is 12.4. The minimum atomic E-state index is -0.617. The van der Waals surface area contributed by atoms with Crippen molar-refractivity contribution in [1.82, 2.24) is 10.6 Å². The standard InChI is InChI=1S/C17H19ClN2O3S/c1-24-9-7-15(17(22)19-10-12-6-8-23-11-12)20-16(21)13-4-2-3-5-14(13)18/h2-6,8,11,15H,7,9-10H2,1H3,(H,19,22)(H,20,21)/t15-/m1/s1. The first-order valence-electron chi connectivity index (χ1n) is 7.45. The van der Waals surface area contributed by atoms with Gasteiger partial charge in [0.2, 0.25) is 5.91 Å². The molecule has 0 aliphatic heterocycles. The molecule has 7 heteroatoms. The van der Waals surface area contributed by atoms with E-state index in [4.69, 9.17) is 16.0 Å². The van der Waals surface area contributed by atoms with E-state index in [0.29, 0.717) is 23.6 Å². The fourth-order valence-corrected chi connectivity index (χ4v) is 2.78. The van der Waals surface area contributed by atoms with Crippen molar-refractivity contribution in [3.8, 4) is 0 Å². The van der Waals surface area contributed by atoms with E-state index in [9.17, 15) is 9.59 Å². The van der Waals surface area contributed by atoms with Crippen LogP contribution in [0.25, 0.3) is 0 Å². The Morgan fingerprint density at radius 2 is 2.08 bits per heavy atom. The van der Waals surface area contributed by atoms with E-state index in [1.807, 2.05) is 6.26 Å². The van der Waals surface area contributed by atoms with Crippen molar-refractivity contribution in [3.63, 3.8) is 0 Å². The summed E-state index contributed by atoms with van der Waals surface area (Å²) < 4.78 is 4.97. The Morgan fingerprint density at radius 3 is 2.75 bits per heavy atom. The molecule has 2 N–H and O–H groups in total. The maximum absolute atomic E-state index is 12.4. The van der Waals surface area contributed by atoms with Crippen LogP contribution in [0.5, 0.6) is 0 Å². The number of halogens is 1. The second kappa shape index (κ2) is 9.39. The largest absolute Gasteiger partial charge is 0.472 e. The summed E-state index contributed by atoms with van der Waals surface area (Å²) in [7, 11) is 0. The van der Waals surface area contributed by atoms with Gasteiger partial charge in [0, 0.05) is 12.1 Å². The Bertz CT molecular complexity index is 676. The first-order chi connectivity index (χ1) is 11.6. The molecule has 2 aromatic rings. The number of benzene rings is 1. The second-order valence-electron chi connectivity index (χ2n) is 5.14. The molecule has 0 fully saturated rings. The molecule has 1 aromatic carbocycles. The summed E-state index contributed by atoms with van der Waals surface area (Å²) in [6, 6.07) is 7.92. The molecule has 0 spiro atoms. The molecule has 1 atom stereocenters. The Kier molecular flexibility index (Phi) is 7.21. The molecular weight excluding hydrogens is 348 g/mol. The van der Waals surface area contributed by atoms with Crippen LogP contribution in [0.15, 0.2) is 47.3 Å². The summed E-state index contributed by atoms with van der Waals surface area (Å²) in [5, 5.41) is 5.93. The summed E-state index contributed by atoms with van der Waals surface area (Å²) in [6.45, 7) is 0.354. The van der Waals surface area contributed by atoms with Gasteiger partial charge in [-0.3, -0.25) is 9.59 Å². The molecular formula is C17H19ClN2O3S. The highest BCUT2D eigenvalue weighted by molar-refractivity contribution is 7.98. The molecule has 1 aromatic heterocycles. The minimum absolute atomic E-state index is 0.231. The van der Waals surface area contributed by atoms with E-state index in [1.54, 1.807) is 54.6 Å². The van der Waals surface area contributed by atoms with Gasteiger partial charge < -0.3 is 15.1 Å². The highest BCUT2D eigenvalue weighted by atomic mass is 35.5. The van der Waals surface area contributed by atoms with Crippen LogP contribution in [0.3, 0.4) is 0 Å². The van der Waals surface area contributed by atoms with Gasteiger partial charge in [0.25, 0.3) is 5.91 Å². The van der Waals surface area contributed by atoms with Crippen LogP contribution in [0.4, 0.5) is 0 Å². The molecule has 128 valence electrons. The number of thioether (sulfide) groups is 1. The number of hydrogen-bond donors (Lipinski definition) is 2. The Morgan fingerprint density at radius 1 is 1.29 bits per heavy atom. The van der Waals surface area contributed by atoms with Crippen molar-refractivity contribution in [2.24, 2.45) is 0 Å². The van der Waals surface area contributed by atoms with E-state index in [2.05, 4.69) is 10.6 Å². The third kappa shape index (κ3) is 5.32. The Hall–Kier alpha value is -1.92. The molecule has 0 radical (unpaired) electrons. The summed E-state index contributed by atoms with van der Waals surface area (Å²) in [5.41, 5.74) is 1.22. The molecule has 2 rings (SSSR count). The molecule has 0 aliphatic carbocycles. The SMILES string of the molecule is CSCC[C@@H](NC(=O)c1ccccc1Cl)C(=O)NCc1ccoc1. The monoisotopic (exact) mass is 366 g/mol. The van der Waals surface area contributed by atoms with Crippen LogP contribution in [0.1, 0.15) is 22.3 Å². The highest BCUT2D eigenvalue weighted by Crippen LogP contribution is 2.15. The van der Waals surface area contributed by atoms with Crippen molar-refractivity contribution in [1.29, 1.82) is 0 Å². The molecule has 0 saturated heterocycles. The van der Waals surface area contributed by atoms with Crippen LogP contribution < -0.4 is 10.6 Å². The molecule has 0 bridgehead atoms. The first-order valence-corrected chi connectivity index (χ1v) is 9.22. The van der Waals surface area contributed by atoms with Gasteiger partial charge in [0.1, 0.15) is 6.04 Å². The van der Waals surface area contributed by atoms with Crippen LogP contribution in [-0.4, -0.2) is 29.9 Å². The van der Waals surface area contributed by atoms with Crippen LogP contribution in [0.2, 0.25) is 5.02 Å². The molecule has 24 heavy (non-hydrogen) atoms. The third-order valence-electron chi connectivity index (χ3n) is 3.40. The van der Waals surface area contributed by atoms with Crippen molar-refractivity contribution in [2.45, 2.75) is 19.0 Å². The first kappa shape index (κ1) is 18.4. The lowest BCUT2D eigenvalue weighted by Gasteiger charge is -2.18. The zero-order valence-corrected chi connectivity index (χ0v) is 14.8. The quantitative estimate of drug-likeness (QED) is 0.753. The third-order valence-corrected chi connectivity index (χ3v) is 4.37. The summed E-state index contributed by atoms with van der Waals surface area (Å²) >= 11 is 7.66. The maximum Gasteiger partial charge on any atom is 0.253 e. The van der Waals surface area contributed by atoms with Crippen molar-refractivity contribution < 1.29 is 14.0 Å². The molecule has 0 aliphatic rings. The van der Waals surface area contributed by atoms with Gasteiger partial charge in [0.15, 0.2) is 0 Å². The van der Waals surface area contributed by atoms with Crippen LogP contribution >= 0.6 is 23.4 Å². The number of nitrogens with one attached hydrogen (secondary N) is 2. The van der Waals surface area contributed by atoms with E-state index in [0.717, 1.165) is 11.3 Å². The van der Waals surface area contributed by atoms with Gasteiger partial charge >= 0.3 is 0 Å². The lowest BCUT2D eigenvalue weighted by Crippen LogP contribution is -2.46. The minimum Gasteiger partial charge on any atom is -0.472 e. The molecule has 0 unspecified atom stereocenters. The Balaban J connectivity index is 2.00. The molecule has 2 amide bonds. The fraction of sp³-hybridized carbons (Fsp3) is 0.294. The molecule has 5 nitrogen and oxygen atoms in total. The van der Waals surface area contributed by atoms with Crippen LogP contribution in [-0.2, 0) is 11.3 Å². The number of hydrogen-bond acceptors (Lipinski definition) is 4. The summed E-state index contributed by atoms with van der Waals surface area (Å²) in [5.74, 6) is 0.169. The average Bonchev–Trinajstić information content (AvgIpc) is 3.10. The van der Waals surface area contributed by atoms with E-state index in [-0.39, 0.29) is 11.8 Å². The Labute approximate surface area is 150 Å². The predicted molar refractivity (Wildman–Crippen MR) is 96.3 cm³/mol. The van der Waals surface area contributed by atoms with Gasteiger partial charge in [-0.15, -0.1) is 0 Å². The highest BCUT2D eigenvalue weighted by Gasteiger charge is 2.22. The van der Waals surface area contributed by atoms with Gasteiger partial charge in [-0.2, -0.15) is 11.8 Å². The number of amides is 2. The fourth-order valence-electron chi connectivity index (χ4n) is 2.09. The van der Waals surface area contributed by atoms with Gasteiger partial charge in [-0.05, 0) is 36.6 Å². The molecule has 0 saturated carbocycles. The van der Waals surface area contributed by atoms with Crippen LogP contribution in [0, 0.1) is 0 Å². The number of rotatable bonds is 8. The zero-order valence-electron chi connectivity index (χ0n) is 13.3. The number of carbonyl (C=O) groups excluding carboxylic acids is 2.